The first-order valence-electron chi connectivity index (χ1n) is 7.40. The van der Waals surface area contributed by atoms with E-state index in [4.69, 9.17) is 0 Å². The molecule has 0 bridgehead atoms. The fraction of sp³-hybridized carbons (Fsp3) is 0.438. The molecule has 112 valence electrons. The van der Waals surface area contributed by atoms with E-state index in [2.05, 4.69) is 52.0 Å². The van der Waals surface area contributed by atoms with Crippen molar-refractivity contribution in [2.75, 3.05) is 23.3 Å². The fourth-order valence-electron chi connectivity index (χ4n) is 2.37. The van der Waals surface area contributed by atoms with Crippen LogP contribution in [0.1, 0.15) is 38.2 Å². The summed E-state index contributed by atoms with van der Waals surface area (Å²) in [4.78, 5) is 15.4. The van der Waals surface area contributed by atoms with Crippen LogP contribution in [0, 0.1) is 6.92 Å². The van der Waals surface area contributed by atoms with Crippen molar-refractivity contribution < 1.29 is 0 Å². The van der Waals surface area contributed by atoms with Crippen molar-refractivity contribution in [3.63, 3.8) is 0 Å². The van der Waals surface area contributed by atoms with E-state index in [1.54, 1.807) is 12.4 Å². The molecule has 0 aliphatic carbocycles. The Morgan fingerprint density at radius 1 is 1.10 bits per heavy atom. The van der Waals surface area contributed by atoms with E-state index < -0.39 is 0 Å². The Morgan fingerprint density at radius 2 is 1.81 bits per heavy atom. The van der Waals surface area contributed by atoms with Crippen LogP contribution in [0.25, 0.3) is 0 Å². The average molecular weight is 285 g/mol. The Labute approximate surface area is 126 Å². The quantitative estimate of drug-likeness (QED) is 0.883. The lowest BCUT2D eigenvalue weighted by molar-refractivity contribution is 0.807. The van der Waals surface area contributed by atoms with Gasteiger partial charge in [-0.3, -0.25) is 9.97 Å². The van der Waals surface area contributed by atoms with E-state index in [-0.39, 0.29) is 6.04 Å². The molecule has 2 rings (SSSR count). The standard InChI is InChI=1S/C16H23N5/c1-5-21(6-2)15-8-7-14(11-19-15)20-13(4)16-12(3)17-9-10-18-16/h7-11,13,20H,5-6H2,1-4H3. The van der Waals surface area contributed by atoms with Crippen LogP contribution in [0.3, 0.4) is 0 Å². The molecule has 0 amide bonds. The molecule has 1 atom stereocenters. The van der Waals surface area contributed by atoms with Crippen LogP contribution < -0.4 is 10.2 Å². The zero-order valence-electron chi connectivity index (χ0n) is 13.2. The summed E-state index contributed by atoms with van der Waals surface area (Å²) in [6.07, 6.45) is 5.31. The Balaban J connectivity index is 2.08. The van der Waals surface area contributed by atoms with Gasteiger partial charge in [-0.1, -0.05) is 0 Å². The molecule has 0 radical (unpaired) electrons. The molecular weight excluding hydrogens is 262 g/mol. The van der Waals surface area contributed by atoms with Crippen molar-refractivity contribution in [3.8, 4) is 0 Å². The van der Waals surface area contributed by atoms with Crippen LogP contribution >= 0.6 is 0 Å². The number of aromatic nitrogens is 3. The molecule has 0 aliphatic rings. The third-order valence-electron chi connectivity index (χ3n) is 3.55. The van der Waals surface area contributed by atoms with Gasteiger partial charge < -0.3 is 10.2 Å². The maximum Gasteiger partial charge on any atom is 0.128 e. The number of hydrogen-bond acceptors (Lipinski definition) is 5. The second kappa shape index (κ2) is 7.02. The van der Waals surface area contributed by atoms with Crippen LogP contribution in [0.15, 0.2) is 30.7 Å². The Morgan fingerprint density at radius 3 is 2.38 bits per heavy atom. The van der Waals surface area contributed by atoms with Gasteiger partial charge in [-0.25, -0.2) is 4.98 Å². The molecule has 0 aliphatic heterocycles. The summed E-state index contributed by atoms with van der Waals surface area (Å²) < 4.78 is 0. The molecule has 0 saturated heterocycles. The van der Waals surface area contributed by atoms with E-state index in [0.717, 1.165) is 36.0 Å². The summed E-state index contributed by atoms with van der Waals surface area (Å²) >= 11 is 0. The van der Waals surface area contributed by atoms with E-state index in [0.29, 0.717) is 0 Å². The first-order chi connectivity index (χ1) is 10.2. The lowest BCUT2D eigenvalue weighted by Gasteiger charge is -2.20. The third-order valence-corrected chi connectivity index (χ3v) is 3.55. The zero-order valence-corrected chi connectivity index (χ0v) is 13.2. The number of anilines is 2. The van der Waals surface area contributed by atoms with Gasteiger partial charge in [0, 0.05) is 25.5 Å². The summed E-state index contributed by atoms with van der Waals surface area (Å²) in [6, 6.07) is 4.20. The van der Waals surface area contributed by atoms with Crippen molar-refractivity contribution in [1.82, 2.24) is 15.0 Å². The summed E-state index contributed by atoms with van der Waals surface area (Å²) in [5.41, 5.74) is 2.90. The van der Waals surface area contributed by atoms with Gasteiger partial charge in [0.15, 0.2) is 0 Å². The number of aryl methyl sites for hydroxylation is 1. The van der Waals surface area contributed by atoms with E-state index in [1.807, 2.05) is 19.2 Å². The molecule has 0 aromatic carbocycles. The minimum atomic E-state index is 0.0970. The van der Waals surface area contributed by atoms with Gasteiger partial charge in [0.2, 0.25) is 0 Å². The van der Waals surface area contributed by atoms with Gasteiger partial charge in [0.05, 0.1) is 29.3 Å². The van der Waals surface area contributed by atoms with E-state index in [9.17, 15) is 0 Å². The van der Waals surface area contributed by atoms with Gasteiger partial charge >= 0.3 is 0 Å². The van der Waals surface area contributed by atoms with Gasteiger partial charge in [0.25, 0.3) is 0 Å². The molecule has 21 heavy (non-hydrogen) atoms. The van der Waals surface area contributed by atoms with Gasteiger partial charge in [-0.2, -0.15) is 0 Å². The normalized spacial score (nSPS) is 12.0. The topological polar surface area (TPSA) is 53.9 Å². The largest absolute Gasteiger partial charge is 0.376 e. The Bertz CT molecular complexity index is 563. The molecule has 2 aromatic heterocycles. The third kappa shape index (κ3) is 3.68. The maximum absolute atomic E-state index is 4.52. The number of rotatable bonds is 6. The molecule has 5 nitrogen and oxygen atoms in total. The zero-order chi connectivity index (χ0) is 15.2. The van der Waals surface area contributed by atoms with E-state index >= 15 is 0 Å². The summed E-state index contributed by atoms with van der Waals surface area (Å²) in [6.45, 7) is 10.3. The fourth-order valence-corrected chi connectivity index (χ4v) is 2.37. The van der Waals surface area contributed by atoms with Crippen LogP contribution in [0.4, 0.5) is 11.5 Å². The molecule has 1 N–H and O–H groups in total. The predicted molar refractivity (Wildman–Crippen MR) is 86.6 cm³/mol. The summed E-state index contributed by atoms with van der Waals surface area (Å²) in [5, 5.41) is 3.42. The van der Waals surface area contributed by atoms with Crippen LogP contribution in [0.2, 0.25) is 0 Å². The van der Waals surface area contributed by atoms with Crippen molar-refractivity contribution in [2.24, 2.45) is 0 Å². The lowest BCUT2D eigenvalue weighted by atomic mass is 10.2. The SMILES string of the molecule is CCN(CC)c1ccc(NC(C)c2nccnc2C)cn1. The van der Waals surface area contributed by atoms with Gasteiger partial charge in [0.1, 0.15) is 5.82 Å². The molecule has 0 fully saturated rings. The molecule has 0 saturated carbocycles. The molecule has 0 spiro atoms. The van der Waals surface area contributed by atoms with Crippen LogP contribution in [0.5, 0.6) is 0 Å². The van der Waals surface area contributed by atoms with Crippen LogP contribution in [-0.4, -0.2) is 28.0 Å². The first-order valence-corrected chi connectivity index (χ1v) is 7.40. The Hall–Kier alpha value is -2.17. The molecule has 2 heterocycles. The second-order valence-corrected chi connectivity index (χ2v) is 4.97. The number of hydrogen-bond donors (Lipinski definition) is 1. The number of nitrogens with zero attached hydrogens (tertiary/aromatic N) is 4. The summed E-state index contributed by atoms with van der Waals surface area (Å²) in [5.74, 6) is 1.01. The average Bonchev–Trinajstić information content (AvgIpc) is 2.50. The van der Waals surface area contributed by atoms with E-state index in [1.165, 1.54) is 0 Å². The smallest absolute Gasteiger partial charge is 0.128 e. The molecule has 2 aromatic rings. The maximum atomic E-state index is 4.52. The number of nitrogens with one attached hydrogen (secondary N) is 1. The molecule has 1 unspecified atom stereocenters. The highest BCUT2D eigenvalue weighted by molar-refractivity contribution is 5.49. The molecule has 5 heteroatoms. The van der Waals surface area contributed by atoms with Gasteiger partial charge in [-0.15, -0.1) is 0 Å². The monoisotopic (exact) mass is 285 g/mol. The number of pyridine rings is 1. The van der Waals surface area contributed by atoms with Crippen LogP contribution in [-0.2, 0) is 0 Å². The highest BCUT2D eigenvalue weighted by Gasteiger charge is 2.11. The minimum absolute atomic E-state index is 0.0970. The molecular formula is C16H23N5. The predicted octanol–water partition coefficient (Wildman–Crippen LogP) is 3.20. The van der Waals surface area contributed by atoms with Crippen molar-refractivity contribution in [2.45, 2.75) is 33.7 Å². The van der Waals surface area contributed by atoms with Crippen molar-refractivity contribution in [1.29, 1.82) is 0 Å². The van der Waals surface area contributed by atoms with Crippen molar-refractivity contribution in [3.05, 3.63) is 42.1 Å². The van der Waals surface area contributed by atoms with Gasteiger partial charge in [-0.05, 0) is 39.8 Å². The first kappa shape index (κ1) is 15.2. The van der Waals surface area contributed by atoms with Crippen molar-refractivity contribution >= 4 is 11.5 Å². The second-order valence-electron chi connectivity index (χ2n) is 4.97. The summed E-state index contributed by atoms with van der Waals surface area (Å²) in [7, 11) is 0. The highest BCUT2D eigenvalue weighted by atomic mass is 15.2. The Kier molecular flexibility index (Phi) is 5.09. The minimum Gasteiger partial charge on any atom is -0.376 e. The lowest BCUT2D eigenvalue weighted by Crippen LogP contribution is -2.22. The highest BCUT2D eigenvalue weighted by Crippen LogP contribution is 2.20.